The summed E-state index contributed by atoms with van der Waals surface area (Å²) in [4.78, 5) is 25.4. The fraction of sp³-hybridized carbons (Fsp3) is 0.579. The summed E-state index contributed by atoms with van der Waals surface area (Å²) in [6, 6.07) is 5.69. The molecule has 28 heavy (non-hydrogen) atoms. The lowest BCUT2D eigenvalue weighted by Gasteiger charge is -2.32. The van der Waals surface area contributed by atoms with Gasteiger partial charge in [-0.05, 0) is 46.8 Å². The van der Waals surface area contributed by atoms with E-state index in [0.717, 1.165) is 5.56 Å². The van der Waals surface area contributed by atoms with Gasteiger partial charge in [0.1, 0.15) is 24.3 Å². The Bertz CT molecular complexity index is 842. The van der Waals surface area contributed by atoms with Gasteiger partial charge in [0.2, 0.25) is 0 Å². The molecule has 0 unspecified atom stereocenters. The van der Waals surface area contributed by atoms with Gasteiger partial charge in [0, 0.05) is 6.42 Å². The predicted molar refractivity (Wildman–Crippen MR) is 101 cm³/mol. The molecule has 8 nitrogen and oxygen atoms in total. The van der Waals surface area contributed by atoms with Crippen molar-refractivity contribution in [2.24, 2.45) is 0 Å². The fourth-order valence-electron chi connectivity index (χ4n) is 3.24. The molecule has 0 radical (unpaired) electrons. The number of imide groups is 1. The molecular weight excluding hydrogens is 386 g/mol. The summed E-state index contributed by atoms with van der Waals surface area (Å²) < 4.78 is 40.0. The van der Waals surface area contributed by atoms with Gasteiger partial charge in [-0.25, -0.2) is 0 Å². The van der Waals surface area contributed by atoms with E-state index in [1.165, 1.54) is 19.2 Å². The molecule has 0 saturated carbocycles. The summed E-state index contributed by atoms with van der Waals surface area (Å²) in [5.41, 5.74) is 0.1000. The quantitative estimate of drug-likeness (QED) is 0.552. The van der Waals surface area contributed by atoms with E-state index < -0.39 is 44.5 Å². The number of rotatable bonds is 3. The first-order chi connectivity index (χ1) is 12.8. The molecule has 156 valence electrons. The van der Waals surface area contributed by atoms with Crippen LogP contribution in [-0.4, -0.2) is 56.5 Å². The maximum atomic E-state index is 12.9. The number of quaternary nitrogens is 1. The molecule has 2 rings (SSSR count). The molecule has 0 N–H and O–H groups in total. The largest absolute Gasteiger partial charge is 0.527 e. The van der Waals surface area contributed by atoms with Crippen LogP contribution < -0.4 is 0 Å². The minimum Gasteiger partial charge on any atom is -0.423 e. The lowest BCUT2D eigenvalue weighted by Crippen LogP contribution is -2.60. The van der Waals surface area contributed by atoms with Crippen molar-refractivity contribution in [1.82, 2.24) is 0 Å². The Morgan fingerprint density at radius 3 is 2.18 bits per heavy atom. The maximum Gasteiger partial charge on any atom is 0.527 e. The molecule has 9 heteroatoms. The summed E-state index contributed by atoms with van der Waals surface area (Å²) in [7, 11) is -2.86. The topological polar surface area (TPSA) is 96.0 Å². The highest BCUT2D eigenvalue weighted by Crippen LogP contribution is 2.34. The second kappa shape index (κ2) is 7.81. The van der Waals surface area contributed by atoms with E-state index in [1.807, 2.05) is 6.92 Å². The molecule has 1 fully saturated rings. The number of hydrogen-bond donors (Lipinski definition) is 0. The van der Waals surface area contributed by atoms with Gasteiger partial charge in [0.25, 0.3) is 10.1 Å². The molecular formula is C19H28NO7S+. The summed E-state index contributed by atoms with van der Waals surface area (Å²) in [5, 5.41) is 0. The number of benzene rings is 1. The fourth-order valence-corrected chi connectivity index (χ4v) is 4.31. The smallest absolute Gasteiger partial charge is 0.423 e. The van der Waals surface area contributed by atoms with Crippen LogP contribution in [0.2, 0.25) is 0 Å². The highest BCUT2D eigenvalue weighted by molar-refractivity contribution is 7.86. The van der Waals surface area contributed by atoms with E-state index in [4.69, 9.17) is 13.7 Å². The van der Waals surface area contributed by atoms with Gasteiger partial charge in [-0.2, -0.15) is 18.0 Å². The normalized spacial score (nSPS) is 25.4. The van der Waals surface area contributed by atoms with Crippen molar-refractivity contribution in [2.45, 2.75) is 63.7 Å². The standard InChI is InChI=1S/C19H28NO7S/c1-13-7-9-16(10-8-13)28(23,24)27-15-11-14(2)20(12-15,17(21)25-6)18(22)26-19(3,4)5/h7-10,14-15H,11-12H2,1-6H3/q+1/t14-,15-,20+/m1/s1. The number of aryl methyl sites for hydroxylation is 1. The minimum absolute atomic E-state index is 0.0195. The van der Waals surface area contributed by atoms with Gasteiger partial charge < -0.3 is 9.47 Å². The number of nitrogens with zero attached hydrogens (tertiary/aromatic N) is 1. The number of carbonyl (C=O) groups is 2. The Hall–Kier alpha value is -1.97. The van der Waals surface area contributed by atoms with Crippen molar-refractivity contribution in [2.75, 3.05) is 13.7 Å². The van der Waals surface area contributed by atoms with Gasteiger partial charge in [-0.15, -0.1) is 4.48 Å². The van der Waals surface area contributed by atoms with E-state index in [0.29, 0.717) is 0 Å². The van der Waals surface area contributed by atoms with Crippen molar-refractivity contribution in [3.63, 3.8) is 0 Å². The molecule has 1 aliphatic rings. The van der Waals surface area contributed by atoms with Crippen LogP contribution in [0.3, 0.4) is 0 Å². The Kier molecular flexibility index (Phi) is 6.22. The van der Waals surface area contributed by atoms with Gasteiger partial charge in [-0.3, -0.25) is 4.18 Å². The molecule has 1 aromatic carbocycles. The summed E-state index contributed by atoms with van der Waals surface area (Å²) in [5.74, 6) is 0. The van der Waals surface area contributed by atoms with Crippen LogP contribution in [0, 0.1) is 6.92 Å². The van der Waals surface area contributed by atoms with Gasteiger partial charge in [0.05, 0.1) is 12.0 Å². The van der Waals surface area contributed by atoms with Crippen molar-refractivity contribution in [3.8, 4) is 0 Å². The molecule has 0 spiro atoms. The SMILES string of the molecule is COC(=O)[N@+]1(C(=O)OC(C)(C)C)C[C@H](OS(=O)(=O)c2ccc(C)cc2)C[C@H]1C. The number of carbonyl (C=O) groups excluding carboxylic acids is 2. The Morgan fingerprint density at radius 1 is 1.11 bits per heavy atom. The molecule has 0 bridgehead atoms. The Balaban J connectivity index is 2.29. The zero-order chi connectivity index (χ0) is 21.3. The molecule has 1 aliphatic heterocycles. The van der Waals surface area contributed by atoms with E-state index in [-0.39, 0.29) is 17.9 Å². The second-order valence-corrected chi connectivity index (χ2v) is 9.64. The molecule has 1 heterocycles. The zero-order valence-corrected chi connectivity index (χ0v) is 17.9. The van der Waals surface area contributed by atoms with E-state index in [1.54, 1.807) is 39.8 Å². The average molecular weight is 415 g/mol. The minimum atomic E-state index is -4.04. The summed E-state index contributed by atoms with van der Waals surface area (Å²) in [6.07, 6.45) is -2.28. The van der Waals surface area contributed by atoms with Crippen molar-refractivity contribution < 1.29 is 36.1 Å². The average Bonchev–Trinajstić information content (AvgIpc) is 2.89. The first kappa shape index (κ1) is 22.3. The Labute approximate surface area is 166 Å². The highest BCUT2D eigenvalue weighted by Gasteiger charge is 2.60. The Morgan fingerprint density at radius 2 is 1.68 bits per heavy atom. The van der Waals surface area contributed by atoms with Crippen LogP contribution in [0.5, 0.6) is 0 Å². The lowest BCUT2D eigenvalue weighted by atomic mass is 10.2. The molecule has 0 aliphatic carbocycles. The summed E-state index contributed by atoms with van der Waals surface area (Å²) >= 11 is 0. The van der Waals surface area contributed by atoms with Gasteiger partial charge in [-0.1, -0.05) is 17.7 Å². The monoisotopic (exact) mass is 414 g/mol. The molecule has 1 aromatic rings. The highest BCUT2D eigenvalue weighted by atomic mass is 32.2. The first-order valence-electron chi connectivity index (χ1n) is 9.01. The lowest BCUT2D eigenvalue weighted by molar-refractivity contribution is -0.798. The second-order valence-electron chi connectivity index (χ2n) is 8.07. The van der Waals surface area contributed by atoms with Gasteiger partial charge >= 0.3 is 12.2 Å². The molecule has 3 atom stereocenters. The number of amides is 2. The van der Waals surface area contributed by atoms with Crippen LogP contribution in [0.4, 0.5) is 9.59 Å². The van der Waals surface area contributed by atoms with Crippen LogP contribution in [0.1, 0.15) is 39.7 Å². The third-order valence-electron chi connectivity index (χ3n) is 4.64. The molecule has 1 saturated heterocycles. The third kappa shape index (κ3) is 4.53. The maximum absolute atomic E-state index is 12.9. The van der Waals surface area contributed by atoms with Crippen molar-refractivity contribution >= 4 is 22.3 Å². The molecule has 2 amide bonds. The number of hydrogen-bond acceptors (Lipinski definition) is 7. The van der Waals surface area contributed by atoms with E-state index >= 15 is 0 Å². The predicted octanol–water partition coefficient (Wildman–Crippen LogP) is 3.38. The van der Waals surface area contributed by atoms with E-state index in [2.05, 4.69) is 0 Å². The zero-order valence-electron chi connectivity index (χ0n) is 17.1. The van der Waals surface area contributed by atoms with Gasteiger partial charge in [0.15, 0.2) is 0 Å². The number of likely N-dealkylation sites (tertiary alicyclic amines) is 1. The van der Waals surface area contributed by atoms with Crippen molar-refractivity contribution in [3.05, 3.63) is 29.8 Å². The van der Waals surface area contributed by atoms with Crippen LogP contribution in [0.25, 0.3) is 0 Å². The van der Waals surface area contributed by atoms with Crippen molar-refractivity contribution in [1.29, 1.82) is 0 Å². The van der Waals surface area contributed by atoms with Crippen LogP contribution in [0.15, 0.2) is 29.2 Å². The molecule has 0 aromatic heterocycles. The first-order valence-corrected chi connectivity index (χ1v) is 10.4. The number of ether oxygens (including phenoxy) is 2. The van der Waals surface area contributed by atoms with Crippen LogP contribution in [-0.2, 0) is 23.8 Å². The summed E-state index contributed by atoms with van der Waals surface area (Å²) in [6.45, 7) is 8.40. The van der Waals surface area contributed by atoms with Crippen LogP contribution >= 0.6 is 0 Å². The number of methoxy groups -OCH3 is 1. The van der Waals surface area contributed by atoms with E-state index in [9.17, 15) is 18.0 Å². The third-order valence-corrected chi connectivity index (χ3v) is 6.02.